The van der Waals surface area contributed by atoms with Crippen molar-refractivity contribution in [1.82, 2.24) is 9.80 Å². The zero-order chi connectivity index (χ0) is 23.8. The van der Waals surface area contributed by atoms with Gasteiger partial charge in [0.1, 0.15) is 0 Å². The molecule has 0 spiro atoms. The van der Waals surface area contributed by atoms with Crippen LogP contribution >= 0.6 is 0 Å². The number of rotatable bonds is 8. The number of hydrogen-bond donors (Lipinski definition) is 0. The molecular weight excluding hydrogens is 402 g/mol. The first-order valence-corrected chi connectivity index (χ1v) is 12.0. The number of allylic oxidation sites excluding steroid dienone is 4. The summed E-state index contributed by atoms with van der Waals surface area (Å²) >= 11 is 0. The number of hydrogen-bond acceptors (Lipinski definition) is 2. The summed E-state index contributed by atoms with van der Waals surface area (Å²) in [6.45, 7) is 18.8. The molecule has 0 saturated carbocycles. The largest absolute Gasteiger partial charge is 0.360 e. The van der Waals surface area contributed by atoms with E-state index in [1.54, 1.807) is 0 Å². The van der Waals surface area contributed by atoms with Crippen LogP contribution in [0.5, 0.6) is 0 Å². The molecule has 1 atom stereocenters. The summed E-state index contributed by atoms with van der Waals surface area (Å²) in [7, 11) is 0. The molecule has 0 bridgehead atoms. The zero-order valence-electron chi connectivity index (χ0n) is 20.8. The predicted molar refractivity (Wildman–Crippen MR) is 142 cm³/mol. The van der Waals surface area contributed by atoms with Crippen molar-refractivity contribution >= 4 is 5.84 Å². The van der Waals surface area contributed by atoms with Gasteiger partial charge in [-0.05, 0) is 70.1 Å². The number of benzene rings is 2. The van der Waals surface area contributed by atoms with Gasteiger partial charge in [0.15, 0.2) is 6.17 Å². The van der Waals surface area contributed by atoms with Crippen LogP contribution in [0, 0.1) is 5.92 Å². The number of nitrogens with zero attached hydrogens (tertiary/aromatic N) is 3. The Morgan fingerprint density at radius 3 is 2.09 bits per heavy atom. The van der Waals surface area contributed by atoms with E-state index in [4.69, 9.17) is 4.99 Å². The highest BCUT2D eigenvalue weighted by atomic mass is 15.3. The summed E-state index contributed by atoms with van der Waals surface area (Å²) in [5, 5.41) is 0. The van der Waals surface area contributed by atoms with Crippen molar-refractivity contribution in [3.63, 3.8) is 0 Å². The van der Waals surface area contributed by atoms with E-state index in [1.807, 2.05) is 13.8 Å². The molecule has 3 heteroatoms. The van der Waals surface area contributed by atoms with Crippen LogP contribution in [0.1, 0.15) is 57.8 Å². The number of amidine groups is 1. The molecule has 0 N–H and O–H groups in total. The van der Waals surface area contributed by atoms with E-state index in [2.05, 4.69) is 104 Å². The summed E-state index contributed by atoms with van der Waals surface area (Å²) in [5.41, 5.74) is 5.70. The van der Waals surface area contributed by atoms with Crippen molar-refractivity contribution in [3.05, 3.63) is 108 Å². The van der Waals surface area contributed by atoms with E-state index < -0.39 is 0 Å². The van der Waals surface area contributed by atoms with Crippen LogP contribution in [0.4, 0.5) is 0 Å². The van der Waals surface area contributed by atoms with Gasteiger partial charge in [-0.2, -0.15) is 0 Å². The lowest BCUT2D eigenvalue weighted by atomic mass is 9.90. The van der Waals surface area contributed by atoms with Gasteiger partial charge < -0.3 is 9.80 Å². The second-order valence-corrected chi connectivity index (χ2v) is 9.32. The summed E-state index contributed by atoms with van der Waals surface area (Å²) in [4.78, 5) is 9.93. The molecule has 3 rings (SSSR count). The minimum atomic E-state index is -0.152. The van der Waals surface area contributed by atoms with Crippen molar-refractivity contribution < 1.29 is 0 Å². The lowest BCUT2D eigenvalue weighted by molar-refractivity contribution is 0.258. The molecule has 0 unspecified atom stereocenters. The normalized spacial score (nSPS) is 16.4. The van der Waals surface area contributed by atoms with E-state index in [0.717, 1.165) is 47.4 Å². The Kier molecular flexibility index (Phi) is 8.71. The van der Waals surface area contributed by atoms with E-state index in [0.29, 0.717) is 0 Å². The monoisotopic (exact) mass is 441 g/mol. The molecule has 1 fully saturated rings. The first-order chi connectivity index (χ1) is 15.8. The fourth-order valence-corrected chi connectivity index (χ4v) is 4.70. The number of likely N-dealkylation sites (tertiary alicyclic amines) is 1. The van der Waals surface area contributed by atoms with Crippen LogP contribution in [0.3, 0.4) is 0 Å². The second kappa shape index (κ2) is 11.7. The molecule has 3 nitrogen and oxygen atoms in total. The molecule has 1 saturated heterocycles. The Bertz CT molecular complexity index is 980. The fraction of sp³-hybridized carbons (Fsp3) is 0.367. The van der Waals surface area contributed by atoms with Gasteiger partial charge in [-0.1, -0.05) is 79.4 Å². The van der Waals surface area contributed by atoms with Crippen molar-refractivity contribution in [2.75, 3.05) is 13.1 Å². The van der Waals surface area contributed by atoms with Crippen molar-refractivity contribution in [2.45, 2.75) is 53.1 Å². The van der Waals surface area contributed by atoms with Crippen LogP contribution in [-0.4, -0.2) is 28.7 Å². The van der Waals surface area contributed by atoms with Gasteiger partial charge in [-0.3, -0.25) is 0 Å². The summed E-state index contributed by atoms with van der Waals surface area (Å²) in [5.74, 6) is 1.84. The van der Waals surface area contributed by atoms with Crippen LogP contribution in [0.25, 0.3) is 0 Å². The van der Waals surface area contributed by atoms with Crippen molar-refractivity contribution in [3.8, 4) is 0 Å². The van der Waals surface area contributed by atoms with E-state index >= 15 is 0 Å². The van der Waals surface area contributed by atoms with E-state index in [1.165, 1.54) is 24.8 Å². The topological polar surface area (TPSA) is 18.8 Å². The molecular formula is C30H39N3. The van der Waals surface area contributed by atoms with Crippen molar-refractivity contribution in [2.24, 2.45) is 10.9 Å². The van der Waals surface area contributed by atoms with Crippen molar-refractivity contribution in [1.29, 1.82) is 0 Å². The first kappa shape index (κ1) is 24.6. The van der Waals surface area contributed by atoms with Gasteiger partial charge in [0, 0.05) is 24.5 Å². The highest BCUT2D eigenvalue weighted by Gasteiger charge is 2.24. The highest BCUT2D eigenvalue weighted by Crippen LogP contribution is 2.31. The third-order valence-electron chi connectivity index (χ3n) is 6.34. The number of piperidine rings is 1. The first-order valence-electron chi connectivity index (χ1n) is 12.0. The number of aliphatic imine (C=N–C) groups is 1. The fourth-order valence-electron chi connectivity index (χ4n) is 4.70. The predicted octanol–water partition coefficient (Wildman–Crippen LogP) is 7.37. The Labute approximate surface area is 200 Å². The Balaban J connectivity index is 1.79. The second-order valence-electron chi connectivity index (χ2n) is 9.32. The maximum Gasteiger partial charge on any atom is 0.152 e. The molecule has 2 aromatic rings. The van der Waals surface area contributed by atoms with Gasteiger partial charge in [-0.15, -0.1) is 0 Å². The summed E-state index contributed by atoms with van der Waals surface area (Å²) < 4.78 is 0. The third-order valence-corrected chi connectivity index (χ3v) is 6.34. The van der Waals surface area contributed by atoms with E-state index in [9.17, 15) is 0 Å². The SMILES string of the molecule is C=C(C)/C=C(/C)N(C(=C)C)[C@H](N=C(C)N1CCC(Cc2ccccc2)CC1)c1ccccc1. The molecule has 1 heterocycles. The van der Waals surface area contributed by atoms with Gasteiger partial charge in [0.25, 0.3) is 0 Å². The molecule has 2 aromatic carbocycles. The van der Waals surface area contributed by atoms with Crippen LogP contribution in [-0.2, 0) is 6.42 Å². The highest BCUT2D eigenvalue weighted by molar-refractivity contribution is 5.80. The molecule has 1 aliphatic heterocycles. The summed E-state index contributed by atoms with van der Waals surface area (Å²) in [6.07, 6.45) is 5.53. The standard InChI is InChI=1S/C30H39N3/c1-23(2)21-25(5)33(24(3)4)30(29-15-11-8-12-16-29)31-26(6)32-19-17-28(18-20-32)22-27-13-9-7-10-14-27/h7-16,21,28,30H,1,3,17-20,22H2,2,4-6H3/b25-21-,31-26?/t30-/m0/s1. The van der Waals surface area contributed by atoms with E-state index in [-0.39, 0.29) is 6.17 Å². The van der Waals surface area contributed by atoms with Crippen LogP contribution in [0.15, 0.2) is 102 Å². The van der Waals surface area contributed by atoms with Gasteiger partial charge in [0.2, 0.25) is 0 Å². The molecule has 174 valence electrons. The maximum atomic E-state index is 5.27. The minimum Gasteiger partial charge on any atom is -0.360 e. The third kappa shape index (κ3) is 6.95. The Hall–Kier alpha value is -3.07. The lowest BCUT2D eigenvalue weighted by Gasteiger charge is -2.36. The van der Waals surface area contributed by atoms with Gasteiger partial charge >= 0.3 is 0 Å². The van der Waals surface area contributed by atoms with Gasteiger partial charge in [0.05, 0.1) is 5.84 Å². The lowest BCUT2D eigenvalue weighted by Crippen LogP contribution is -2.38. The molecule has 0 aliphatic carbocycles. The Morgan fingerprint density at radius 2 is 1.55 bits per heavy atom. The molecule has 0 amide bonds. The quantitative estimate of drug-likeness (QED) is 0.242. The molecule has 0 aromatic heterocycles. The Morgan fingerprint density at radius 1 is 0.970 bits per heavy atom. The minimum absolute atomic E-state index is 0.152. The van der Waals surface area contributed by atoms with Crippen LogP contribution in [0.2, 0.25) is 0 Å². The molecule has 1 aliphatic rings. The average molecular weight is 442 g/mol. The molecule has 0 radical (unpaired) electrons. The average Bonchev–Trinajstić information content (AvgIpc) is 2.79. The zero-order valence-corrected chi connectivity index (χ0v) is 20.8. The van der Waals surface area contributed by atoms with Crippen LogP contribution < -0.4 is 0 Å². The maximum absolute atomic E-state index is 5.27. The van der Waals surface area contributed by atoms with Gasteiger partial charge in [-0.25, -0.2) is 4.99 Å². The smallest absolute Gasteiger partial charge is 0.152 e. The molecule has 33 heavy (non-hydrogen) atoms. The summed E-state index contributed by atoms with van der Waals surface area (Å²) in [6, 6.07) is 21.4.